The standard InChI is InChI=1S/C15H15BrN4S/c1-8-6-10(4-5-12(8)16)18-13-11-7-9(2)21-14(11)20-15(17-3)19-13/h4-7H,1-3H3,(H2,17,18,19,20). The average Bonchev–Trinajstić information content (AvgIpc) is 2.83. The van der Waals surface area contributed by atoms with Crippen molar-refractivity contribution in [3.8, 4) is 0 Å². The quantitative estimate of drug-likeness (QED) is 0.698. The molecule has 2 N–H and O–H groups in total. The zero-order chi connectivity index (χ0) is 15.0. The van der Waals surface area contributed by atoms with Crippen molar-refractivity contribution < 1.29 is 0 Å². The van der Waals surface area contributed by atoms with Gasteiger partial charge in [0.1, 0.15) is 10.6 Å². The topological polar surface area (TPSA) is 49.8 Å². The van der Waals surface area contributed by atoms with Crippen LogP contribution in [-0.2, 0) is 0 Å². The summed E-state index contributed by atoms with van der Waals surface area (Å²) in [6.07, 6.45) is 0. The maximum Gasteiger partial charge on any atom is 0.225 e. The summed E-state index contributed by atoms with van der Waals surface area (Å²) in [4.78, 5) is 11.3. The zero-order valence-corrected chi connectivity index (χ0v) is 14.4. The number of benzene rings is 1. The number of rotatable bonds is 3. The van der Waals surface area contributed by atoms with Crippen LogP contribution < -0.4 is 10.6 Å². The highest BCUT2D eigenvalue weighted by molar-refractivity contribution is 9.10. The highest BCUT2D eigenvalue weighted by Gasteiger charge is 2.10. The second kappa shape index (κ2) is 5.61. The Morgan fingerprint density at radius 1 is 1.14 bits per heavy atom. The summed E-state index contributed by atoms with van der Waals surface area (Å²) in [5.41, 5.74) is 2.20. The Morgan fingerprint density at radius 2 is 1.95 bits per heavy atom. The molecule has 2 heterocycles. The molecule has 0 radical (unpaired) electrons. The fourth-order valence-electron chi connectivity index (χ4n) is 2.11. The SMILES string of the molecule is CNc1nc(Nc2ccc(Br)c(C)c2)c2cc(C)sc2n1. The lowest BCUT2D eigenvalue weighted by molar-refractivity contribution is 1.20. The molecule has 6 heteroatoms. The summed E-state index contributed by atoms with van der Waals surface area (Å²) in [5, 5.41) is 7.46. The van der Waals surface area contributed by atoms with E-state index in [-0.39, 0.29) is 0 Å². The number of aryl methyl sites for hydroxylation is 2. The van der Waals surface area contributed by atoms with Gasteiger partial charge in [0, 0.05) is 22.1 Å². The Bertz CT molecular complexity index is 813. The van der Waals surface area contributed by atoms with E-state index in [2.05, 4.69) is 62.5 Å². The number of thiophene rings is 1. The summed E-state index contributed by atoms with van der Waals surface area (Å²) in [5.74, 6) is 1.45. The van der Waals surface area contributed by atoms with Crippen molar-refractivity contribution in [3.05, 3.63) is 39.2 Å². The highest BCUT2D eigenvalue weighted by Crippen LogP contribution is 2.32. The first-order valence-corrected chi connectivity index (χ1v) is 8.17. The number of hydrogen-bond donors (Lipinski definition) is 2. The molecule has 21 heavy (non-hydrogen) atoms. The first-order chi connectivity index (χ1) is 10.1. The number of fused-ring (bicyclic) bond motifs is 1. The average molecular weight is 363 g/mol. The monoisotopic (exact) mass is 362 g/mol. The molecule has 0 amide bonds. The lowest BCUT2D eigenvalue weighted by Gasteiger charge is -2.10. The van der Waals surface area contributed by atoms with Gasteiger partial charge < -0.3 is 10.6 Å². The van der Waals surface area contributed by atoms with E-state index >= 15 is 0 Å². The van der Waals surface area contributed by atoms with Crippen LogP contribution in [0.2, 0.25) is 0 Å². The van der Waals surface area contributed by atoms with Gasteiger partial charge in [0.2, 0.25) is 5.95 Å². The molecule has 0 aliphatic heterocycles. The van der Waals surface area contributed by atoms with Gasteiger partial charge in [-0.1, -0.05) is 15.9 Å². The molecule has 0 aliphatic rings. The molecule has 3 rings (SSSR count). The number of halogens is 1. The second-order valence-electron chi connectivity index (χ2n) is 4.81. The maximum absolute atomic E-state index is 4.54. The van der Waals surface area contributed by atoms with E-state index < -0.39 is 0 Å². The zero-order valence-electron chi connectivity index (χ0n) is 12.0. The number of nitrogens with one attached hydrogen (secondary N) is 2. The van der Waals surface area contributed by atoms with E-state index in [1.165, 1.54) is 10.4 Å². The van der Waals surface area contributed by atoms with Crippen LogP contribution in [0, 0.1) is 13.8 Å². The van der Waals surface area contributed by atoms with Gasteiger partial charge in [0.25, 0.3) is 0 Å². The van der Waals surface area contributed by atoms with Crippen LogP contribution in [0.15, 0.2) is 28.7 Å². The minimum Gasteiger partial charge on any atom is -0.357 e. The molecule has 0 spiro atoms. The largest absolute Gasteiger partial charge is 0.357 e. The van der Waals surface area contributed by atoms with Crippen LogP contribution in [0.5, 0.6) is 0 Å². The highest BCUT2D eigenvalue weighted by atomic mass is 79.9. The summed E-state index contributed by atoms with van der Waals surface area (Å²) >= 11 is 5.19. The Kier molecular flexibility index (Phi) is 3.82. The normalized spacial score (nSPS) is 10.9. The van der Waals surface area contributed by atoms with Crippen molar-refractivity contribution in [3.63, 3.8) is 0 Å². The van der Waals surface area contributed by atoms with Crippen LogP contribution in [0.4, 0.5) is 17.5 Å². The Labute approximate surface area is 135 Å². The summed E-state index contributed by atoms with van der Waals surface area (Å²) in [6, 6.07) is 8.28. The Morgan fingerprint density at radius 3 is 2.67 bits per heavy atom. The van der Waals surface area contributed by atoms with Gasteiger partial charge in [-0.05, 0) is 43.7 Å². The number of hydrogen-bond acceptors (Lipinski definition) is 5. The van der Waals surface area contributed by atoms with E-state index in [9.17, 15) is 0 Å². The van der Waals surface area contributed by atoms with Crippen molar-refractivity contribution in [2.75, 3.05) is 17.7 Å². The van der Waals surface area contributed by atoms with Crippen molar-refractivity contribution in [2.45, 2.75) is 13.8 Å². The third-order valence-electron chi connectivity index (χ3n) is 3.16. The Hall–Kier alpha value is -1.66. The molecule has 3 aromatic rings. The molecule has 0 bridgehead atoms. The number of anilines is 3. The molecular formula is C15H15BrN4S. The van der Waals surface area contributed by atoms with Crippen LogP contribution in [0.1, 0.15) is 10.4 Å². The molecule has 0 unspecified atom stereocenters. The first kappa shape index (κ1) is 14.3. The predicted molar refractivity (Wildman–Crippen MR) is 93.9 cm³/mol. The van der Waals surface area contributed by atoms with E-state index in [1.807, 2.05) is 19.2 Å². The number of nitrogens with zero attached hydrogens (tertiary/aromatic N) is 2. The van der Waals surface area contributed by atoms with Crippen LogP contribution in [-0.4, -0.2) is 17.0 Å². The smallest absolute Gasteiger partial charge is 0.225 e. The second-order valence-corrected chi connectivity index (χ2v) is 6.90. The van der Waals surface area contributed by atoms with E-state index in [0.29, 0.717) is 5.95 Å². The third-order valence-corrected chi connectivity index (χ3v) is 4.99. The van der Waals surface area contributed by atoms with E-state index in [0.717, 1.165) is 26.2 Å². The van der Waals surface area contributed by atoms with E-state index in [1.54, 1.807) is 11.3 Å². The van der Waals surface area contributed by atoms with Gasteiger partial charge >= 0.3 is 0 Å². The van der Waals surface area contributed by atoms with Gasteiger partial charge in [-0.15, -0.1) is 11.3 Å². The van der Waals surface area contributed by atoms with E-state index in [4.69, 9.17) is 0 Å². The first-order valence-electron chi connectivity index (χ1n) is 6.56. The predicted octanol–water partition coefficient (Wildman–Crippen LogP) is 4.86. The van der Waals surface area contributed by atoms with Gasteiger partial charge in [-0.2, -0.15) is 4.98 Å². The van der Waals surface area contributed by atoms with Crippen LogP contribution in [0.25, 0.3) is 10.2 Å². The lowest BCUT2D eigenvalue weighted by Crippen LogP contribution is -2.01. The summed E-state index contributed by atoms with van der Waals surface area (Å²) in [6.45, 7) is 4.15. The minimum absolute atomic E-state index is 0.626. The summed E-state index contributed by atoms with van der Waals surface area (Å²) in [7, 11) is 1.83. The fraction of sp³-hybridized carbons (Fsp3) is 0.200. The molecular weight excluding hydrogens is 348 g/mol. The van der Waals surface area contributed by atoms with Gasteiger partial charge in [0.15, 0.2) is 0 Å². The van der Waals surface area contributed by atoms with Crippen molar-refractivity contribution in [1.29, 1.82) is 0 Å². The van der Waals surface area contributed by atoms with Crippen molar-refractivity contribution >= 4 is 54.9 Å². The molecule has 4 nitrogen and oxygen atoms in total. The molecule has 2 aromatic heterocycles. The summed E-state index contributed by atoms with van der Waals surface area (Å²) < 4.78 is 1.10. The van der Waals surface area contributed by atoms with Crippen molar-refractivity contribution in [1.82, 2.24) is 9.97 Å². The molecule has 0 aliphatic carbocycles. The van der Waals surface area contributed by atoms with Gasteiger partial charge in [0.05, 0.1) is 5.39 Å². The lowest BCUT2D eigenvalue weighted by atomic mass is 10.2. The molecule has 0 fully saturated rings. The Balaban J connectivity index is 2.07. The minimum atomic E-state index is 0.626. The van der Waals surface area contributed by atoms with Crippen LogP contribution in [0.3, 0.4) is 0 Å². The van der Waals surface area contributed by atoms with Gasteiger partial charge in [-0.3, -0.25) is 0 Å². The molecule has 108 valence electrons. The van der Waals surface area contributed by atoms with Gasteiger partial charge in [-0.25, -0.2) is 4.98 Å². The molecule has 0 saturated carbocycles. The maximum atomic E-state index is 4.54. The molecule has 0 saturated heterocycles. The van der Waals surface area contributed by atoms with Crippen LogP contribution >= 0.6 is 27.3 Å². The van der Waals surface area contributed by atoms with Crippen molar-refractivity contribution in [2.24, 2.45) is 0 Å². The third kappa shape index (κ3) is 2.87. The number of aromatic nitrogens is 2. The molecule has 1 aromatic carbocycles. The fourth-order valence-corrected chi connectivity index (χ4v) is 3.23. The molecule has 0 atom stereocenters.